The maximum atomic E-state index is 12.2. The molecule has 0 aliphatic carbocycles. The Bertz CT molecular complexity index is 1320. The molecule has 2 aromatic carbocycles. The van der Waals surface area contributed by atoms with Crippen molar-refractivity contribution >= 4 is 11.4 Å². The first kappa shape index (κ1) is 50.2. The Morgan fingerprint density at radius 3 is 1.09 bits per heavy atom. The number of hydrogen-bond acceptors (Lipinski definition) is 0. The van der Waals surface area contributed by atoms with Crippen molar-refractivity contribution in [2.45, 2.75) is 239 Å². The van der Waals surface area contributed by atoms with E-state index in [0.717, 1.165) is 49.9 Å². The van der Waals surface area contributed by atoms with Crippen LogP contribution in [0.25, 0.3) is 16.9 Å². The van der Waals surface area contributed by atoms with Gasteiger partial charge in [0.2, 0.25) is 11.4 Å². The summed E-state index contributed by atoms with van der Waals surface area (Å²) in [6, 6.07) is 14.5. The van der Waals surface area contributed by atoms with Gasteiger partial charge >= 0.3 is 26.2 Å². The Balaban J connectivity index is 0.00000349. The summed E-state index contributed by atoms with van der Waals surface area (Å²) in [6.45, 7) is 11.5. The first-order chi connectivity index (χ1) is 27.5. The zero-order valence-corrected chi connectivity index (χ0v) is 39.0. The van der Waals surface area contributed by atoms with Gasteiger partial charge in [-0.2, -0.15) is 0 Å². The number of nitrogens with zero attached hydrogens (tertiary/aromatic N) is 2. The second-order valence-corrected chi connectivity index (χ2v) is 17.9. The second kappa shape index (κ2) is 32.9. The third-order valence-electron chi connectivity index (χ3n) is 11.6. The SMILES string of the molecule is CCCCCCCCCCCc1cc(CCCCCCCCCCC)cc(C2=CC(CCCCC)=C(c3cc(CCCC)cc(CCCC)c3)[N+]2=[N-])c1.[CH3][Ni][CH3]. The van der Waals surface area contributed by atoms with Crippen molar-refractivity contribution in [3.05, 3.63) is 87.0 Å². The Morgan fingerprint density at radius 2 is 0.696 bits per heavy atom. The van der Waals surface area contributed by atoms with Crippen molar-refractivity contribution in [2.24, 2.45) is 0 Å². The van der Waals surface area contributed by atoms with E-state index in [2.05, 4.69) is 88.9 Å². The van der Waals surface area contributed by atoms with E-state index in [-0.39, 0.29) is 0 Å². The van der Waals surface area contributed by atoms with Gasteiger partial charge in [-0.05, 0) is 111 Å². The van der Waals surface area contributed by atoms with Crippen LogP contribution < -0.4 is 0 Å². The Kier molecular flexibility index (Phi) is 29.5. The van der Waals surface area contributed by atoms with Gasteiger partial charge in [-0.15, -0.1) is 0 Å². The van der Waals surface area contributed by atoms with Crippen LogP contribution in [0.3, 0.4) is 0 Å². The number of rotatable bonds is 32. The van der Waals surface area contributed by atoms with E-state index in [1.807, 2.05) is 0 Å². The molecule has 0 fully saturated rings. The van der Waals surface area contributed by atoms with Gasteiger partial charge < -0.3 is 5.53 Å². The zero-order chi connectivity index (χ0) is 40.6. The molecule has 2 aromatic rings. The van der Waals surface area contributed by atoms with Crippen molar-refractivity contribution < 1.29 is 19.1 Å². The summed E-state index contributed by atoms with van der Waals surface area (Å²) in [6.07, 6.45) is 40.8. The van der Waals surface area contributed by atoms with Crippen molar-refractivity contribution in [1.29, 1.82) is 0 Å². The van der Waals surface area contributed by atoms with Crippen LogP contribution in [0.15, 0.2) is 48.0 Å². The van der Waals surface area contributed by atoms with Gasteiger partial charge in [-0.3, -0.25) is 0 Å². The fraction of sp³-hybridized carbons (Fsp3) is 0.698. The van der Waals surface area contributed by atoms with Crippen LogP contribution in [-0.2, 0) is 40.1 Å². The van der Waals surface area contributed by atoms with Crippen LogP contribution in [0, 0.1) is 0 Å². The first-order valence-electron chi connectivity index (χ1n) is 23.9. The van der Waals surface area contributed by atoms with E-state index in [1.165, 1.54) is 193 Å². The van der Waals surface area contributed by atoms with E-state index < -0.39 is 0 Å². The van der Waals surface area contributed by atoms with Crippen molar-refractivity contribution in [1.82, 2.24) is 0 Å². The molecule has 0 unspecified atom stereocenters. The second-order valence-electron chi connectivity index (χ2n) is 16.9. The average molecular weight is 812 g/mol. The molecule has 320 valence electrons. The molecule has 0 radical (unpaired) electrons. The van der Waals surface area contributed by atoms with Gasteiger partial charge in [0.05, 0.1) is 0 Å². The number of unbranched alkanes of at least 4 members (excludes halogenated alkanes) is 20. The summed E-state index contributed by atoms with van der Waals surface area (Å²) in [7, 11) is 0. The molecule has 0 atom stereocenters. The molecule has 0 saturated carbocycles. The van der Waals surface area contributed by atoms with E-state index >= 15 is 0 Å². The van der Waals surface area contributed by atoms with Crippen LogP contribution >= 0.6 is 0 Å². The predicted molar refractivity (Wildman–Crippen MR) is 246 cm³/mol. The van der Waals surface area contributed by atoms with Gasteiger partial charge in [0, 0.05) is 22.8 Å². The van der Waals surface area contributed by atoms with Crippen LogP contribution in [0.2, 0.25) is 11.8 Å². The number of allylic oxidation sites excluding steroid dienone is 2. The van der Waals surface area contributed by atoms with Crippen molar-refractivity contribution in [3.63, 3.8) is 0 Å². The van der Waals surface area contributed by atoms with Gasteiger partial charge in [0.25, 0.3) is 0 Å². The molecule has 3 heteroatoms. The number of aryl methyl sites for hydroxylation is 4. The third-order valence-corrected chi connectivity index (χ3v) is 11.6. The number of hydrogen-bond donors (Lipinski definition) is 0. The van der Waals surface area contributed by atoms with Crippen LogP contribution in [-0.4, -0.2) is 4.70 Å². The molecular weight excluding hydrogens is 723 g/mol. The average Bonchev–Trinajstić information content (AvgIpc) is 3.53. The zero-order valence-electron chi connectivity index (χ0n) is 38.0. The molecule has 1 aliphatic heterocycles. The van der Waals surface area contributed by atoms with E-state index in [1.54, 1.807) is 19.1 Å². The van der Waals surface area contributed by atoms with E-state index in [0.29, 0.717) is 0 Å². The summed E-state index contributed by atoms with van der Waals surface area (Å²) < 4.78 is 1.59. The molecule has 3 rings (SSSR count). The molecule has 1 aliphatic rings. The third kappa shape index (κ3) is 20.6. The minimum atomic E-state index is 0.975. The topological polar surface area (TPSA) is 25.3 Å². The van der Waals surface area contributed by atoms with Crippen LogP contribution in [0.4, 0.5) is 0 Å². The summed E-state index contributed by atoms with van der Waals surface area (Å²) in [5, 5.41) is 0. The molecule has 0 bridgehead atoms. The summed E-state index contributed by atoms with van der Waals surface area (Å²) >= 11 is 1.62. The number of benzene rings is 2. The molecule has 0 amide bonds. The van der Waals surface area contributed by atoms with Gasteiger partial charge in [-0.1, -0.05) is 175 Å². The summed E-state index contributed by atoms with van der Waals surface area (Å²) in [5.41, 5.74) is 23.7. The molecule has 56 heavy (non-hydrogen) atoms. The van der Waals surface area contributed by atoms with Gasteiger partial charge in [0.15, 0.2) is 0 Å². The fourth-order valence-electron chi connectivity index (χ4n) is 8.25. The van der Waals surface area contributed by atoms with Crippen molar-refractivity contribution in [2.75, 3.05) is 0 Å². The Hall–Kier alpha value is -1.99. The Morgan fingerprint density at radius 1 is 0.393 bits per heavy atom. The molecular formula is C53H88N2Ni. The molecule has 1 heterocycles. The normalized spacial score (nSPS) is 12.8. The summed E-state index contributed by atoms with van der Waals surface area (Å²) in [5.74, 6) is 4.12. The molecule has 0 N–H and O–H groups in total. The van der Waals surface area contributed by atoms with Crippen molar-refractivity contribution in [3.8, 4) is 0 Å². The van der Waals surface area contributed by atoms with E-state index in [4.69, 9.17) is 0 Å². The first-order valence-corrected chi connectivity index (χ1v) is 25.8. The predicted octanol–water partition coefficient (Wildman–Crippen LogP) is 18.1. The molecule has 0 spiro atoms. The van der Waals surface area contributed by atoms with Gasteiger partial charge in [-0.25, -0.2) is 4.70 Å². The fourth-order valence-corrected chi connectivity index (χ4v) is 8.25. The summed E-state index contributed by atoms with van der Waals surface area (Å²) in [4.78, 5) is 0. The monoisotopic (exact) mass is 811 g/mol. The Labute approximate surface area is 354 Å². The molecule has 2 nitrogen and oxygen atoms in total. The molecule has 0 saturated heterocycles. The maximum absolute atomic E-state index is 12.2. The quantitative estimate of drug-likeness (QED) is 0.0400. The van der Waals surface area contributed by atoms with Gasteiger partial charge in [0.1, 0.15) is 0 Å². The van der Waals surface area contributed by atoms with E-state index in [9.17, 15) is 5.53 Å². The minimum absolute atomic E-state index is 0.975. The van der Waals surface area contributed by atoms with Crippen LogP contribution in [0.1, 0.15) is 235 Å². The standard InChI is InChI=1S/C51H82N2.2CH3.Ni/c1-6-11-16-18-20-22-24-26-29-33-45-37-46(34-30-27-25-23-21-19-17-12-7-2)39-48(38-45)50-42-47(35-28-13-8-3)51(53(50)52)49-40-43(31-14-9-4)36-44(41-49)32-15-10-5;;;/h36-42H,6-35H2,1-5H3;2*1H3;. The van der Waals surface area contributed by atoms with Crippen LogP contribution in [0.5, 0.6) is 0 Å². The molecule has 0 aromatic heterocycles.